The molecule has 1 heterocycles. The monoisotopic (exact) mass is 305 g/mol. The minimum absolute atomic E-state index is 0.378. The number of hydrogen-bond donors (Lipinski definition) is 2. The van der Waals surface area contributed by atoms with Crippen molar-refractivity contribution in [2.45, 2.75) is 26.6 Å². The highest BCUT2D eigenvalue weighted by molar-refractivity contribution is 7.13. The summed E-state index contributed by atoms with van der Waals surface area (Å²) in [5.41, 5.74) is 2.39. The lowest BCUT2D eigenvalue weighted by Gasteiger charge is -2.10. The maximum Gasteiger partial charge on any atom is 0.345 e. The molecule has 0 amide bonds. The third kappa shape index (κ3) is 4.67. The summed E-state index contributed by atoms with van der Waals surface area (Å²) in [6, 6.07) is 11.7. The number of rotatable bonds is 8. The largest absolute Gasteiger partial charge is 0.477 e. The van der Waals surface area contributed by atoms with Gasteiger partial charge in [-0.05, 0) is 30.2 Å². The molecule has 0 saturated heterocycles. The maximum atomic E-state index is 10.8. The number of nitrogens with one attached hydrogen (secondary N) is 1. The van der Waals surface area contributed by atoms with Crippen molar-refractivity contribution in [1.82, 2.24) is 5.32 Å². The second-order valence-electron chi connectivity index (χ2n) is 4.58. The first-order valence-corrected chi connectivity index (χ1v) is 7.69. The number of carboxylic acid groups (broad SMARTS) is 1. The van der Waals surface area contributed by atoms with Crippen molar-refractivity contribution >= 4 is 17.3 Å². The first-order chi connectivity index (χ1) is 10.2. The number of hydrogen-bond acceptors (Lipinski definition) is 4. The summed E-state index contributed by atoms with van der Waals surface area (Å²) in [5, 5.41) is 12.2. The standard InChI is InChI=1S/C16H19NO3S/c1-2-20-11-13-6-4-3-5-12(13)9-17-10-14-7-8-15(21-14)16(18)19/h3-8,17H,2,9-11H2,1H3,(H,18,19). The van der Waals surface area contributed by atoms with Crippen molar-refractivity contribution in [2.24, 2.45) is 0 Å². The first kappa shape index (κ1) is 15.7. The van der Waals surface area contributed by atoms with Gasteiger partial charge in [-0.1, -0.05) is 24.3 Å². The molecule has 2 aromatic rings. The van der Waals surface area contributed by atoms with Crippen LogP contribution in [0.25, 0.3) is 0 Å². The summed E-state index contributed by atoms with van der Waals surface area (Å²) in [6.07, 6.45) is 0. The van der Waals surface area contributed by atoms with Crippen molar-refractivity contribution in [3.8, 4) is 0 Å². The van der Waals surface area contributed by atoms with Crippen LogP contribution in [-0.2, 0) is 24.4 Å². The third-order valence-corrected chi connectivity index (χ3v) is 4.14. The van der Waals surface area contributed by atoms with Crippen LogP contribution < -0.4 is 5.32 Å². The number of thiophene rings is 1. The molecule has 4 nitrogen and oxygen atoms in total. The van der Waals surface area contributed by atoms with E-state index in [1.165, 1.54) is 22.5 Å². The second-order valence-corrected chi connectivity index (χ2v) is 5.75. The molecule has 5 heteroatoms. The highest BCUT2D eigenvalue weighted by Crippen LogP contribution is 2.16. The second kappa shape index (κ2) is 7.93. The Bertz CT molecular complexity index is 595. The highest BCUT2D eigenvalue weighted by atomic mass is 32.1. The summed E-state index contributed by atoms with van der Waals surface area (Å²) < 4.78 is 5.46. The Morgan fingerprint density at radius 2 is 1.95 bits per heavy atom. The van der Waals surface area contributed by atoms with E-state index < -0.39 is 5.97 Å². The van der Waals surface area contributed by atoms with E-state index in [1.54, 1.807) is 6.07 Å². The van der Waals surface area contributed by atoms with Crippen molar-refractivity contribution in [1.29, 1.82) is 0 Å². The fourth-order valence-electron chi connectivity index (χ4n) is 1.99. The average Bonchev–Trinajstić information content (AvgIpc) is 2.95. The Labute approximate surface area is 128 Å². The van der Waals surface area contributed by atoms with Gasteiger partial charge >= 0.3 is 5.97 Å². The van der Waals surface area contributed by atoms with Crippen LogP contribution in [0.2, 0.25) is 0 Å². The molecule has 0 aliphatic rings. The number of benzene rings is 1. The number of ether oxygens (including phenoxy) is 1. The summed E-state index contributed by atoms with van der Waals surface area (Å²) in [4.78, 5) is 12.2. The Kier molecular flexibility index (Phi) is 5.92. The molecule has 0 spiro atoms. The van der Waals surface area contributed by atoms with Crippen LogP contribution in [0.1, 0.15) is 32.6 Å². The predicted molar refractivity (Wildman–Crippen MR) is 83.6 cm³/mol. The molecular weight excluding hydrogens is 286 g/mol. The molecule has 2 rings (SSSR count). The third-order valence-electron chi connectivity index (χ3n) is 3.07. The Balaban J connectivity index is 1.89. The molecule has 0 bridgehead atoms. The minimum atomic E-state index is -0.867. The zero-order valence-corrected chi connectivity index (χ0v) is 12.8. The SMILES string of the molecule is CCOCc1ccccc1CNCc1ccc(C(=O)O)s1. The molecule has 21 heavy (non-hydrogen) atoms. The van der Waals surface area contributed by atoms with Crippen LogP contribution in [-0.4, -0.2) is 17.7 Å². The topological polar surface area (TPSA) is 58.6 Å². The minimum Gasteiger partial charge on any atom is -0.477 e. The van der Waals surface area contributed by atoms with Crippen molar-refractivity contribution in [3.63, 3.8) is 0 Å². The van der Waals surface area contributed by atoms with E-state index in [4.69, 9.17) is 9.84 Å². The predicted octanol–water partition coefficient (Wildman–Crippen LogP) is 3.27. The van der Waals surface area contributed by atoms with E-state index in [-0.39, 0.29) is 0 Å². The van der Waals surface area contributed by atoms with E-state index >= 15 is 0 Å². The van der Waals surface area contributed by atoms with Gasteiger partial charge in [0.05, 0.1) is 6.61 Å². The molecular formula is C16H19NO3S. The number of carboxylic acids is 1. The number of aromatic carboxylic acids is 1. The zero-order valence-electron chi connectivity index (χ0n) is 12.0. The lowest BCUT2D eigenvalue weighted by Crippen LogP contribution is -2.13. The van der Waals surface area contributed by atoms with E-state index in [0.717, 1.165) is 11.4 Å². The number of carbonyl (C=O) groups is 1. The quantitative estimate of drug-likeness (QED) is 0.786. The van der Waals surface area contributed by atoms with Gasteiger partial charge in [0, 0.05) is 24.6 Å². The Hall–Kier alpha value is -1.69. The molecule has 0 unspecified atom stereocenters. The van der Waals surface area contributed by atoms with Gasteiger partial charge in [-0.3, -0.25) is 0 Å². The van der Waals surface area contributed by atoms with E-state index in [1.807, 2.05) is 25.1 Å². The van der Waals surface area contributed by atoms with E-state index in [0.29, 0.717) is 24.6 Å². The van der Waals surface area contributed by atoms with Gasteiger partial charge in [0.2, 0.25) is 0 Å². The highest BCUT2D eigenvalue weighted by Gasteiger charge is 2.07. The van der Waals surface area contributed by atoms with Gasteiger partial charge < -0.3 is 15.2 Å². The fraction of sp³-hybridized carbons (Fsp3) is 0.312. The summed E-state index contributed by atoms with van der Waals surface area (Å²) in [6.45, 7) is 4.72. The molecule has 0 radical (unpaired) electrons. The van der Waals surface area contributed by atoms with Gasteiger partial charge in [0.1, 0.15) is 4.88 Å². The van der Waals surface area contributed by atoms with Crippen LogP contribution >= 0.6 is 11.3 Å². The first-order valence-electron chi connectivity index (χ1n) is 6.88. The van der Waals surface area contributed by atoms with E-state index in [2.05, 4.69) is 17.4 Å². The smallest absolute Gasteiger partial charge is 0.345 e. The van der Waals surface area contributed by atoms with Crippen LogP contribution in [0.4, 0.5) is 0 Å². The van der Waals surface area contributed by atoms with Crippen LogP contribution in [0, 0.1) is 0 Å². The summed E-state index contributed by atoms with van der Waals surface area (Å²) in [7, 11) is 0. The van der Waals surface area contributed by atoms with Gasteiger partial charge in [-0.2, -0.15) is 0 Å². The molecule has 0 atom stereocenters. The molecule has 0 fully saturated rings. The van der Waals surface area contributed by atoms with Crippen molar-refractivity contribution in [2.75, 3.05) is 6.61 Å². The summed E-state index contributed by atoms with van der Waals surface area (Å²) in [5.74, 6) is -0.867. The van der Waals surface area contributed by atoms with Crippen molar-refractivity contribution < 1.29 is 14.6 Å². The molecule has 0 saturated carbocycles. The Morgan fingerprint density at radius 1 is 1.19 bits per heavy atom. The summed E-state index contributed by atoms with van der Waals surface area (Å²) >= 11 is 1.31. The molecule has 1 aromatic heterocycles. The maximum absolute atomic E-state index is 10.8. The molecule has 1 aromatic carbocycles. The fourth-order valence-corrected chi connectivity index (χ4v) is 2.81. The van der Waals surface area contributed by atoms with Crippen LogP contribution in [0.15, 0.2) is 36.4 Å². The van der Waals surface area contributed by atoms with Crippen LogP contribution in [0.5, 0.6) is 0 Å². The normalized spacial score (nSPS) is 10.7. The van der Waals surface area contributed by atoms with Gasteiger partial charge in [-0.15, -0.1) is 11.3 Å². The van der Waals surface area contributed by atoms with Gasteiger partial charge in [0.25, 0.3) is 0 Å². The van der Waals surface area contributed by atoms with Crippen LogP contribution in [0.3, 0.4) is 0 Å². The van der Waals surface area contributed by atoms with Gasteiger partial charge in [-0.25, -0.2) is 4.79 Å². The lowest BCUT2D eigenvalue weighted by atomic mass is 10.1. The molecule has 0 aliphatic carbocycles. The van der Waals surface area contributed by atoms with Gasteiger partial charge in [0.15, 0.2) is 0 Å². The zero-order chi connectivity index (χ0) is 15.1. The lowest BCUT2D eigenvalue weighted by molar-refractivity contribution is 0.0702. The van der Waals surface area contributed by atoms with Crippen molar-refractivity contribution in [3.05, 3.63) is 57.3 Å². The Morgan fingerprint density at radius 3 is 2.62 bits per heavy atom. The molecule has 2 N–H and O–H groups in total. The molecule has 0 aliphatic heterocycles. The molecule has 112 valence electrons. The average molecular weight is 305 g/mol. The van der Waals surface area contributed by atoms with E-state index in [9.17, 15) is 4.79 Å².